The fraction of sp³-hybridized carbons (Fsp3) is 0.200. The molecule has 0 radical (unpaired) electrons. The molecule has 0 spiro atoms. The van der Waals surface area contributed by atoms with E-state index in [-0.39, 0.29) is 11.2 Å². The smallest absolute Gasteiger partial charge is 0.239 e. The third kappa shape index (κ3) is 3.58. The van der Waals surface area contributed by atoms with Gasteiger partial charge in [-0.25, -0.2) is 4.98 Å². The molecule has 0 aliphatic heterocycles. The van der Waals surface area contributed by atoms with Crippen molar-refractivity contribution < 1.29 is 4.79 Å². The van der Waals surface area contributed by atoms with Crippen LogP contribution in [0.4, 0.5) is 5.69 Å². The Morgan fingerprint density at radius 1 is 1.16 bits per heavy atom. The van der Waals surface area contributed by atoms with Crippen molar-refractivity contribution in [3.63, 3.8) is 0 Å². The van der Waals surface area contributed by atoms with Crippen molar-refractivity contribution in [1.29, 1.82) is 0 Å². The topological polar surface area (TPSA) is 33.2 Å². The van der Waals surface area contributed by atoms with Crippen LogP contribution in [-0.4, -0.2) is 23.2 Å². The van der Waals surface area contributed by atoms with Gasteiger partial charge in [-0.1, -0.05) is 36.0 Å². The van der Waals surface area contributed by atoms with Gasteiger partial charge < -0.3 is 4.90 Å². The van der Waals surface area contributed by atoms with Crippen LogP contribution in [0.3, 0.4) is 0 Å². The summed E-state index contributed by atoms with van der Waals surface area (Å²) in [6.45, 7) is 1.90. The predicted molar refractivity (Wildman–Crippen MR) is 79.4 cm³/mol. The van der Waals surface area contributed by atoms with Gasteiger partial charge in [0, 0.05) is 18.9 Å². The molecular formula is C15H16N2OS. The van der Waals surface area contributed by atoms with Crippen LogP contribution in [0.15, 0.2) is 59.8 Å². The second kappa shape index (κ2) is 6.38. The lowest BCUT2D eigenvalue weighted by Crippen LogP contribution is -2.33. The normalized spacial score (nSPS) is 11.9. The summed E-state index contributed by atoms with van der Waals surface area (Å²) in [5, 5.41) is 0.699. The number of anilines is 1. The molecule has 0 bridgehead atoms. The maximum Gasteiger partial charge on any atom is 0.239 e. The molecule has 2 aromatic rings. The van der Waals surface area contributed by atoms with Crippen molar-refractivity contribution in [2.24, 2.45) is 0 Å². The lowest BCUT2D eigenvalue weighted by atomic mass is 10.3. The lowest BCUT2D eigenvalue weighted by molar-refractivity contribution is -0.117. The van der Waals surface area contributed by atoms with Crippen molar-refractivity contribution >= 4 is 23.4 Å². The lowest BCUT2D eigenvalue weighted by Gasteiger charge is -2.20. The maximum absolute atomic E-state index is 12.3. The van der Waals surface area contributed by atoms with Crippen molar-refractivity contribution in [2.45, 2.75) is 17.2 Å². The van der Waals surface area contributed by atoms with Gasteiger partial charge in [0.25, 0.3) is 0 Å². The van der Waals surface area contributed by atoms with Gasteiger partial charge in [-0.15, -0.1) is 0 Å². The number of para-hydroxylation sites is 1. The Morgan fingerprint density at radius 3 is 2.47 bits per heavy atom. The summed E-state index contributed by atoms with van der Waals surface area (Å²) in [7, 11) is 1.80. The Hall–Kier alpha value is -1.81. The van der Waals surface area contributed by atoms with Gasteiger partial charge in [-0.05, 0) is 31.2 Å². The standard InChI is InChI=1S/C15H16N2OS/c1-12(19-14-10-6-7-11-16-14)15(18)17(2)13-8-4-3-5-9-13/h3-12H,1-2H3. The number of carbonyl (C=O) groups is 1. The Labute approximate surface area is 117 Å². The summed E-state index contributed by atoms with van der Waals surface area (Å²) in [5.74, 6) is 0.0712. The first kappa shape index (κ1) is 13.6. The Bertz CT molecular complexity index is 530. The number of aromatic nitrogens is 1. The molecule has 0 saturated carbocycles. The molecule has 0 fully saturated rings. The second-order valence-electron chi connectivity index (χ2n) is 4.16. The van der Waals surface area contributed by atoms with Gasteiger partial charge in [-0.2, -0.15) is 0 Å². The fourth-order valence-electron chi connectivity index (χ4n) is 1.70. The zero-order valence-corrected chi connectivity index (χ0v) is 11.8. The molecular weight excluding hydrogens is 256 g/mol. The highest BCUT2D eigenvalue weighted by Crippen LogP contribution is 2.23. The van der Waals surface area contributed by atoms with Gasteiger partial charge in [0.1, 0.15) is 0 Å². The largest absolute Gasteiger partial charge is 0.315 e. The number of rotatable bonds is 4. The van der Waals surface area contributed by atoms with E-state index in [0.29, 0.717) is 0 Å². The molecule has 4 heteroatoms. The number of thioether (sulfide) groups is 1. The van der Waals surface area contributed by atoms with Crippen LogP contribution in [0.2, 0.25) is 0 Å². The van der Waals surface area contributed by atoms with Gasteiger partial charge in [0.15, 0.2) is 0 Å². The minimum Gasteiger partial charge on any atom is -0.315 e. The molecule has 2 rings (SSSR count). The van der Waals surface area contributed by atoms with Gasteiger partial charge in [-0.3, -0.25) is 4.79 Å². The first-order chi connectivity index (χ1) is 9.18. The van der Waals surface area contributed by atoms with Crippen LogP contribution < -0.4 is 4.90 Å². The molecule has 0 aliphatic carbocycles. The summed E-state index contributed by atoms with van der Waals surface area (Å²) in [6.07, 6.45) is 1.74. The van der Waals surface area contributed by atoms with E-state index in [4.69, 9.17) is 0 Å². The number of nitrogens with zero attached hydrogens (tertiary/aromatic N) is 2. The molecule has 0 saturated heterocycles. The quantitative estimate of drug-likeness (QED) is 0.801. The minimum absolute atomic E-state index is 0.0712. The first-order valence-electron chi connectivity index (χ1n) is 6.09. The molecule has 1 aromatic heterocycles. The highest BCUT2D eigenvalue weighted by molar-refractivity contribution is 8.00. The predicted octanol–water partition coefficient (Wildman–Crippen LogP) is 3.23. The van der Waals surface area contributed by atoms with Crippen LogP contribution >= 0.6 is 11.8 Å². The zero-order chi connectivity index (χ0) is 13.7. The average Bonchev–Trinajstić information content (AvgIpc) is 2.47. The van der Waals surface area contributed by atoms with E-state index >= 15 is 0 Å². The molecule has 19 heavy (non-hydrogen) atoms. The van der Waals surface area contributed by atoms with E-state index in [0.717, 1.165) is 10.7 Å². The van der Waals surface area contributed by atoms with Crippen LogP contribution in [0.25, 0.3) is 0 Å². The Balaban J connectivity index is 2.03. The number of carbonyl (C=O) groups excluding carboxylic acids is 1. The summed E-state index contributed by atoms with van der Waals surface area (Å²) in [4.78, 5) is 18.2. The Morgan fingerprint density at radius 2 is 1.84 bits per heavy atom. The molecule has 0 N–H and O–H groups in total. The summed E-state index contributed by atoms with van der Waals surface area (Å²) in [5.41, 5.74) is 0.904. The van der Waals surface area contributed by atoms with Gasteiger partial charge >= 0.3 is 0 Å². The SMILES string of the molecule is CC(Sc1ccccn1)C(=O)N(C)c1ccccc1. The Kier molecular flexibility index (Phi) is 4.58. The molecule has 1 atom stereocenters. The summed E-state index contributed by atoms with van der Waals surface area (Å²) in [6, 6.07) is 15.3. The summed E-state index contributed by atoms with van der Waals surface area (Å²) < 4.78 is 0. The van der Waals surface area contributed by atoms with E-state index in [1.54, 1.807) is 18.1 Å². The fourth-order valence-corrected chi connectivity index (χ4v) is 2.60. The van der Waals surface area contributed by atoms with Crippen molar-refractivity contribution in [1.82, 2.24) is 4.98 Å². The third-order valence-corrected chi connectivity index (χ3v) is 3.80. The minimum atomic E-state index is -0.167. The molecule has 1 heterocycles. The highest BCUT2D eigenvalue weighted by atomic mass is 32.2. The first-order valence-corrected chi connectivity index (χ1v) is 6.97. The van der Waals surface area contributed by atoms with Gasteiger partial charge in [0.05, 0.1) is 10.3 Å². The molecule has 0 aliphatic rings. The van der Waals surface area contributed by atoms with Crippen molar-refractivity contribution in [2.75, 3.05) is 11.9 Å². The number of hydrogen-bond acceptors (Lipinski definition) is 3. The number of pyridine rings is 1. The van der Waals surface area contributed by atoms with E-state index in [1.165, 1.54) is 11.8 Å². The molecule has 3 nitrogen and oxygen atoms in total. The van der Waals surface area contributed by atoms with Crippen LogP contribution in [0.5, 0.6) is 0 Å². The van der Waals surface area contributed by atoms with Crippen LogP contribution in [-0.2, 0) is 4.79 Å². The zero-order valence-electron chi connectivity index (χ0n) is 11.0. The van der Waals surface area contributed by atoms with Gasteiger partial charge in [0.2, 0.25) is 5.91 Å². The molecule has 1 aromatic carbocycles. The maximum atomic E-state index is 12.3. The molecule has 98 valence electrons. The summed E-state index contributed by atoms with van der Waals surface area (Å²) >= 11 is 1.47. The monoisotopic (exact) mass is 272 g/mol. The van der Waals surface area contributed by atoms with Crippen LogP contribution in [0, 0.1) is 0 Å². The third-order valence-electron chi connectivity index (χ3n) is 2.76. The van der Waals surface area contributed by atoms with E-state index < -0.39 is 0 Å². The van der Waals surface area contributed by atoms with E-state index in [9.17, 15) is 4.79 Å². The van der Waals surface area contributed by atoms with Crippen molar-refractivity contribution in [3.05, 3.63) is 54.7 Å². The average molecular weight is 272 g/mol. The van der Waals surface area contributed by atoms with Crippen LogP contribution in [0.1, 0.15) is 6.92 Å². The van der Waals surface area contributed by atoms with E-state index in [1.807, 2.05) is 55.5 Å². The highest BCUT2D eigenvalue weighted by Gasteiger charge is 2.19. The van der Waals surface area contributed by atoms with Crippen molar-refractivity contribution in [3.8, 4) is 0 Å². The number of amides is 1. The second-order valence-corrected chi connectivity index (χ2v) is 5.52. The molecule has 1 unspecified atom stereocenters. The van der Waals surface area contributed by atoms with E-state index in [2.05, 4.69) is 4.98 Å². The number of hydrogen-bond donors (Lipinski definition) is 0. The number of benzene rings is 1. The molecule has 1 amide bonds.